The molecule has 1 aliphatic heterocycles. The molecule has 3 aromatic carbocycles. The van der Waals surface area contributed by atoms with Gasteiger partial charge in [0.1, 0.15) is 36.9 Å². The summed E-state index contributed by atoms with van der Waals surface area (Å²) in [5.41, 5.74) is 1.73. The number of benzene rings is 3. The van der Waals surface area contributed by atoms with E-state index in [0.29, 0.717) is 5.65 Å². The smallest absolute Gasteiger partial charge is 0.303 e. The summed E-state index contributed by atoms with van der Waals surface area (Å²) in [7, 11) is 0. The molecule has 0 amide bonds. The number of ether oxygens (including phenoxy) is 3. The van der Waals surface area contributed by atoms with E-state index >= 15 is 0 Å². The minimum Gasteiger partial charge on any atom is -0.463 e. The Bertz CT molecular complexity index is 1710. The summed E-state index contributed by atoms with van der Waals surface area (Å²) in [6.07, 6.45) is 1.33. The highest BCUT2D eigenvalue weighted by Gasteiger charge is 2.42. The van der Waals surface area contributed by atoms with E-state index in [9.17, 15) is 14.4 Å². The van der Waals surface area contributed by atoms with Crippen molar-refractivity contribution in [3.05, 3.63) is 131 Å². The Morgan fingerprint density at radius 1 is 0.837 bits per heavy atom. The van der Waals surface area contributed by atoms with Gasteiger partial charge in [-0.05, 0) is 16.7 Å². The van der Waals surface area contributed by atoms with Crippen molar-refractivity contribution in [2.24, 2.45) is 0 Å². The summed E-state index contributed by atoms with van der Waals surface area (Å²) in [6, 6.07) is 29.5. The van der Waals surface area contributed by atoms with Crippen LogP contribution in [-0.2, 0) is 29.3 Å². The van der Waals surface area contributed by atoms with Gasteiger partial charge in [0, 0.05) is 20.3 Å². The van der Waals surface area contributed by atoms with Gasteiger partial charge in [0.15, 0.2) is 11.2 Å². The second kappa shape index (κ2) is 11.7. The fraction of sp³-hybridized carbons (Fsp3) is 0.242. The molecule has 0 aliphatic carbocycles. The van der Waals surface area contributed by atoms with E-state index in [1.54, 1.807) is 15.5 Å². The Labute approximate surface area is 247 Å². The van der Waals surface area contributed by atoms with E-state index in [-0.39, 0.29) is 24.1 Å². The van der Waals surface area contributed by atoms with Crippen molar-refractivity contribution in [1.82, 2.24) is 19.1 Å². The molecule has 3 heterocycles. The van der Waals surface area contributed by atoms with Gasteiger partial charge in [-0.15, -0.1) is 0 Å². The average Bonchev–Trinajstić information content (AvgIpc) is 3.63. The maximum Gasteiger partial charge on any atom is 0.303 e. The molecule has 2 aromatic heterocycles. The highest BCUT2D eigenvalue weighted by molar-refractivity contribution is 5.70. The average molecular weight is 579 g/mol. The lowest BCUT2D eigenvalue weighted by molar-refractivity contribution is -0.155. The van der Waals surface area contributed by atoms with E-state index in [1.807, 2.05) is 91.0 Å². The highest BCUT2D eigenvalue weighted by atomic mass is 16.6. The molecule has 43 heavy (non-hydrogen) atoms. The molecule has 6 rings (SSSR count). The maximum atomic E-state index is 14.5. The standard InChI is InChI=1S/C33H30N4O6/c1-22(38)41-19-28-27(42-23(2)39)18-29(43-28)36-20-34-30-31(36)35-21-37(32(30)40)33(24-12-6-3-7-13-24,25-14-8-4-9-15-25)26-16-10-5-11-17-26/h3-17,20-21,27-29H,18-19H2,1-2H3/t27-,28+,29+/m0/s1. The lowest BCUT2D eigenvalue weighted by atomic mass is 9.76. The number of aromatic nitrogens is 4. The van der Waals surface area contributed by atoms with Crippen LogP contribution in [0.1, 0.15) is 43.2 Å². The number of imidazole rings is 1. The van der Waals surface area contributed by atoms with Crippen molar-refractivity contribution in [1.29, 1.82) is 0 Å². The summed E-state index contributed by atoms with van der Waals surface area (Å²) >= 11 is 0. The van der Waals surface area contributed by atoms with Crippen LogP contribution in [0.5, 0.6) is 0 Å². The summed E-state index contributed by atoms with van der Waals surface area (Å²) in [4.78, 5) is 46.9. The number of carbonyl (C=O) groups excluding carboxylic acids is 2. The van der Waals surface area contributed by atoms with E-state index < -0.39 is 35.9 Å². The first-order chi connectivity index (χ1) is 20.9. The fourth-order valence-electron chi connectivity index (χ4n) is 5.88. The van der Waals surface area contributed by atoms with Gasteiger partial charge < -0.3 is 14.2 Å². The van der Waals surface area contributed by atoms with Crippen LogP contribution in [0.15, 0.2) is 108 Å². The first kappa shape index (κ1) is 28.0. The predicted molar refractivity (Wildman–Crippen MR) is 157 cm³/mol. The van der Waals surface area contributed by atoms with Gasteiger partial charge in [0.05, 0.1) is 6.33 Å². The van der Waals surface area contributed by atoms with Crippen LogP contribution in [0.25, 0.3) is 11.2 Å². The van der Waals surface area contributed by atoms with Crippen LogP contribution in [-0.4, -0.2) is 49.9 Å². The zero-order valence-corrected chi connectivity index (χ0v) is 23.7. The van der Waals surface area contributed by atoms with Gasteiger partial charge in [-0.3, -0.25) is 23.5 Å². The van der Waals surface area contributed by atoms with Crippen molar-refractivity contribution in [2.45, 2.75) is 44.2 Å². The van der Waals surface area contributed by atoms with Crippen molar-refractivity contribution in [3.63, 3.8) is 0 Å². The van der Waals surface area contributed by atoms with E-state index in [2.05, 4.69) is 4.98 Å². The molecular weight excluding hydrogens is 548 g/mol. The molecule has 1 aliphatic rings. The van der Waals surface area contributed by atoms with Crippen LogP contribution in [0.2, 0.25) is 0 Å². The van der Waals surface area contributed by atoms with Crippen LogP contribution >= 0.6 is 0 Å². The molecule has 10 nitrogen and oxygen atoms in total. The predicted octanol–water partition coefficient (Wildman–Crippen LogP) is 4.22. The van der Waals surface area contributed by atoms with Gasteiger partial charge in [-0.2, -0.15) is 0 Å². The van der Waals surface area contributed by atoms with Crippen molar-refractivity contribution < 1.29 is 23.8 Å². The van der Waals surface area contributed by atoms with Crippen LogP contribution < -0.4 is 5.56 Å². The molecular formula is C33H30N4O6. The van der Waals surface area contributed by atoms with Gasteiger partial charge in [0.2, 0.25) is 0 Å². The largest absolute Gasteiger partial charge is 0.463 e. The van der Waals surface area contributed by atoms with Crippen LogP contribution in [0, 0.1) is 0 Å². The van der Waals surface area contributed by atoms with Crippen LogP contribution in [0.4, 0.5) is 0 Å². The number of hydrogen-bond donors (Lipinski definition) is 0. The van der Waals surface area contributed by atoms with Gasteiger partial charge in [-0.1, -0.05) is 91.0 Å². The molecule has 10 heteroatoms. The monoisotopic (exact) mass is 578 g/mol. The first-order valence-corrected chi connectivity index (χ1v) is 14.0. The number of hydrogen-bond acceptors (Lipinski definition) is 8. The van der Waals surface area contributed by atoms with E-state index in [0.717, 1.165) is 16.7 Å². The number of carbonyl (C=O) groups is 2. The Hall–Kier alpha value is -5.09. The molecule has 1 fully saturated rings. The summed E-state index contributed by atoms with van der Waals surface area (Å²) in [5.74, 6) is -0.944. The maximum absolute atomic E-state index is 14.5. The third-order valence-electron chi connectivity index (χ3n) is 7.68. The van der Waals surface area contributed by atoms with Gasteiger partial charge in [0.25, 0.3) is 5.56 Å². The Kier molecular flexibility index (Phi) is 7.60. The minimum absolute atomic E-state index is 0.0790. The quantitative estimate of drug-likeness (QED) is 0.199. The van der Waals surface area contributed by atoms with E-state index in [4.69, 9.17) is 19.2 Å². The summed E-state index contributed by atoms with van der Waals surface area (Å²) in [6.45, 7) is 2.53. The molecule has 0 unspecified atom stereocenters. The number of nitrogens with zero attached hydrogens (tertiary/aromatic N) is 4. The second-order valence-electron chi connectivity index (χ2n) is 10.4. The Balaban J connectivity index is 1.49. The van der Waals surface area contributed by atoms with Crippen molar-refractivity contribution in [2.75, 3.05) is 6.61 Å². The molecule has 0 radical (unpaired) electrons. The SMILES string of the molecule is CC(=O)OC[C@H]1O[C@@H](n2cnc3c(=O)n(C(c4ccccc4)(c4ccccc4)c4ccccc4)cnc32)C[C@@H]1OC(C)=O. The van der Waals surface area contributed by atoms with E-state index in [1.165, 1.54) is 20.2 Å². The lowest BCUT2D eigenvalue weighted by Crippen LogP contribution is -2.44. The number of fused-ring (bicyclic) bond motifs is 1. The second-order valence-corrected chi connectivity index (χ2v) is 10.4. The molecule has 0 saturated carbocycles. The molecule has 3 atom stereocenters. The third kappa shape index (κ3) is 5.10. The molecule has 0 N–H and O–H groups in total. The fourth-order valence-corrected chi connectivity index (χ4v) is 5.88. The summed E-state index contributed by atoms with van der Waals surface area (Å²) in [5, 5.41) is 0. The molecule has 0 spiro atoms. The van der Waals surface area contributed by atoms with Crippen molar-refractivity contribution >= 4 is 23.1 Å². The first-order valence-electron chi connectivity index (χ1n) is 14.0. The van der Waals surface area contributed by atoms with Crippen LogP contribution in [0.3, 0.4) is 0 Å². The summed E-state index contributed by atoms with van der Waals surface area (Å²) < 4.78 is 20.0. The highest BCUT2D eigenvalue weighted by Crippen LogP contribution is 2.40. The van der Waals surface area contributed by atoms with Gasteiger partial charge >= 0.3 is 11.9 Å². The third-order valence-corrected chi connectivity index (χ3v) is 7.68. The Morgan fingerprint density at radius 2 is 1.40 bits per heavy atom. The normalized spacial score (nSPS) is 18.4. The molecule has 1 saturated heterocycles. The molecule has 5 aromatic rings. The zero-order valence-electron chi connectivity index (χ0n) is 23.7. The minimum atomic E-state index is -1.05. The topological polar surface area (TPSA) is 115 Å². The molecule has 0 bridgehead atoms. The number of rotatable bonds is 8. The Morgan fingerprint density at radius 3 is 1.91 bits per heavy atom. The number of esters is 2. The van der Waals surface area contributed by atoms with Crippen molar-refractivity contribution in [3.8, 4) is 0 Å². The molecule has 218 valence electrons. The zero-order chi connectivity index (χ0) is 30.0. The van der Waals surface area contributed by atoms with Gasteiger partial charge in [-0.25, -0.2) is 9.97 Å². The lowest BCUT2D eigenvalue weighted by Gasteiger charge is -2.37.